The van der Waals surface area contributed by atoms with Crippen molar-refractivity contribution in [2.75, 3.05) is 0 Å². The summed E-state index contributed by atoms with van der Waals surface area (Å²) in [5.74, 6) is 0.518. The summed E-state index contributed by atoms with van der Waals surface area (Å²) in [5.41, 5.74) is 0.802. The number of benzene rings is 2. The van der Waals surface area contributed by atoms with Crippen molar-refractivity contribution in [2.45, 2.75) is 0 Å². The molecule has 0 saturated heterocycles. The maximum Gasteiger partial charge on any atom is 0.337 e. The van der Waals surface area contributed by atoms with Crippen LogP contribution in [0.25, 0.3) is 17.6 Å². The molecule has 0 aliphatic heterocycles. The van der Waals surface area contributed by atoms with E-state index in [4.69, 9.17) is 16.3 Å². The number of rotatable bonds is 4. The van der Waals surface area contributed by atoms with Crippen LogP contribution in [0.3, 0.4) is 0 Å². The van der Waals surface area contributed by atoms with Gasteiger partial charge in [-0.2, -0.15) is 0 Å². The molecule has 6 heteroatoms. The van der Waals surface area contributed by atoms with E-state index in [0.29, 0.717) is 16.6 Å². The Morgan fingerprint density at radius 1 is 1.13 bits per heavy atom. The highest BCUT2D eigenvalue weighted by Gasteiger charge is 2.04. The molecular weight excluding hydrogens is 314 g/mol. The van der Waals surface area contributed by atoms with Gasteiger partial charge in [0.05, 0.1) is 0 Å². The molecule has 5 nitrogen and oxygen atoms in total. The van der Waals surface area contributed by atoms with Crippen LogP contribution in [0.5, 0.6) is 5.75 Å². The number of carbonyl (C=O) groups is 1. The lowest BCUT2D eigenvalue weighted by Crippen LogP contribution is -2.04. The van der Waals surface area contributed by atoms with Crippen LogP contribution in [-0.2, 0) is 4.79 Å². The van der Waals surface area contributed by atoms with Gasteiger partial charge in [-0.05, 0) is 24.3 Å². The standard InChI is InChI=1S/C17H12ClN3O2/c18-14-6-4-5-13(11-14)17-19-12-21(20-17)10-9-16(22)23-15-7-2-1-3-8-15/h1-12H/b10-9-. The third kappa shape index (κ3) is 4.05. The average Bonchev–Trinajstić information content (AvgIpc) is 3.03. The summed E-state index contributed by atoms with van der Waals surface area (Å²) in [7, 11) is 0. The lowest BCUT2D eigenvalue weighted by atomic mass is 10.2. The van der Waals surface area contributed by atoms with Gasteiger partial charge in [-0.25, -0.2) is 14.5 Å². The van der Waals surface area contributed by atoms with Crippen LogP contribution in [0.2, 0.25) is 5.02 Å². The summed E-state index contributed by atoms with van der Waals surface area (Å²) in [6.45, 7) is 0. The third-order valence-corrected chi connectivity index (χ3v) is 3.15. The van der Waals surface area contributed by atoms with Crippen LogP contribution in [0, 0.1) is 0 Å². The van der Waals surface area contributed by atoms with E-state index in [0.717, 1.165) is 5.56 Å². The first-order chi connectivity index (χ1) is 11.2. The lowest BCUT2D eigenvalue weighted by Gasteiger charge is -1.99. The predicted molar refractivity (Wildman–Crippen MR) is 87.9 cm³/mol. The number of esters is 1. The van der Waals surface area contributed by atoms with Crippen LogP contribution in [0.1, 0.15) is 0 Å². The molecule has 0 aliphatic rings. The molecule has 3 rings (SSSR count). The Balaban J connectivity index is 1.68. The van der Waals surface area contributed by atoms with E-state index in [1.807, 2.05) is 18.2 Å². The van der Waals surface area contributed by atoms with Gasteiger partial charge in [0.25, 0.3) is 0 Å². The zero-order valence-electron chi connectivity index (χ0n) is 12.0. The Labute approximate surface area is 137 Å². The average molecular weight is 326 g/mol. The maximum absolute atomic E-state index is 11.7. The quantitative estimate of drug-likeness (QED) is 0.417. The van der Waals surface area contributed by atoms with Crippen LogP contribution < -0.4 is 4.74 Å². The summed E-state index contributed by atoms with van der Waals surface area (Å²) in [6.07, 6.45) is 4.26. The van der Waals surface area contributed by atoms with Crippen molar-refractivity contribution in [2.24, 2.45) is 0 Å². The highest BCUT2D eigenvalue weighted by atomic mass is 35.5. The van der Waals surface area contributed by atoms with E-state index in [2.05, 4.69) is 10.1 Å². The minimum Gasteiger partial charge on any atom is -0.423 e. The Hall–Kier alpha value is -2.92. The molecule has 0 spiro atoms. The fraction of sp³-hybridized carbons (Fsp3) is 0. The molecule has 0 radical (unpaired) electrons. The Morgan fingerprint density at radius 3 is 2.74 bits per heavy atom. The fourth-order valence-electron chi connectivity index (χ4n) is 1.88. The molecule has 1 aromatic heterocycles. The molecule has 0 amide bonds. The number of carbonyl (C=O) groups excluding carboxylic acids is 1. The van der Waals surface area contributed by atoms with Crippen molar-refractivity contribution in [1.29, 1.82) is 0 Å². The van der Waals surface area contributed by atoms with Crippen molar-refractivity contribution >= 4 is 23.8 Å². The molecule has 23 heavy (non-hydrogen) atoms. The van der Waals surface area contributed by atoms with Crippen molar-refractivity contribution in [3.63, 3.8) is 0 Å². The van der Waals surface area contributed by atoms with Crippen LogP contribution in [0.15, 0.2) is 67.0 Å². The van der Waals surface area contributed by atoms with E-state index in [1.165, 1.54) is 23.3 Å². The number of ether oxygens (including phenoxy) is 1. The van der Waals surface area contributed by atoms with Gasteiger partial charge in [-0.15, -0.1) is 5.10 Å². The highest BCUT2D eigenvalue weighted by molar-refractivity contribution is 6.30. The lowest BCUT2D eigenvalue weighted by molar-refractivity contribution is -0.128. The number of hydrogen-bond donors (Lipinski definition) is 0. The Kier molecular flexibility index (Phi) is 4.49. The normalized spacial score (nSPS) is 10.8. The molecule has 0 unspecified atom stereocenters. The zero-order chi connectivity index (χ0) is 16.1. The van der Waals surface area contributed by atoms with Crippen molar-refractivity contribution < 1.29 is 9.53 Å². The minimum atomic E-state index is -0.490. The van der Waals surface area contributed by atoms with E-state index in [9.17, 15) is 4.79 Å². The number of halogens is 1. The molecule has 1 heterocycles. The van der Waals surface area contributed by atoms with Crippen LogP contribution in [0.4, 0.5) is 0 Å². The van der Waals surface area contributed by atoms with Crippen molar-refractivity contribution in [1.82, 2.24) is 14.8 Å². The van der Waals surface area contributed by atoms with Crippen LogP contribution >= 0.6 is 11.6 Å². The summed E-state index contributed by atoms with van der Waals surface area (Å²) >= 11 is 5.94. The van der Waals surface area contributed by atoms with E-state index in [1.54, 1.807) is 36.4 Å². The Morgan fingerprint density at radius 2 is 1.96 bits per heavy atom. The fourth-order valence-corrected chi connectivity index (χ4v) is 2.07. The molecule has 3 aromatic rings. The summed E-state index contributed by atoms with van der Waals surface area (Å²) < 4.78 is 6.57. The SMILES string of the molecule is O=C(/C=C\n1cnc(-c2cccc(Cl)c2)n1)Oc1ccccc1. The summed E-state index contributed by atoms with van der Waals surface area (Å²) in [4.78, 5) is 15.9. The molecule has 114 valence electrons. The largest absolute Gasteiger partial charge is 0.423 e. The monoisotopic (exact) mass is 325 g/mol. The number of hydrogen-bond acceptors (Lipinski definition) is 4. The first kappa shape index (κ1) is 15.0. The third-order valence-electron chi connectivity index (χ3n) is 2.92. The molecule has 0 aliphatic carbocycles. The Bertz CT molecular complexity index is 844. The topological polar surface area (TPSA) is 57.0 Å². The first-order valence-corrected chi connectivity index (χ1v) is 7.21. The number of para-hydroxylation sites is 1. The van der Waals surface area contributed by atoms with Gasteiger partial charge in [0.1, 0.15) is 12.1 Å². The van der Waals surface area contributed by atoms with Gasteiger partial charge in [0.15, 0.2) is 5.82 Å². The zero-order valence-corrected chi connectivity index (χ0v) is 12.7. The second kappa shape index (κ2) is 6.89. The van der Waals surface area contributed by atoms with Gasteiger partial charge < -0.3 is 4.74 Å². The van der Waals surface area contributed by atoms with Gasteiger partial charge in [-0.3, -0.25) is 0 Å². The van der Waals surface area contributed by atoms with E-state index in [-0.39, 0.29) is 0 Å². The molecule has 2 aromatic carbocycles. The number of nitrogens with zero attached hydrogens (tertiary/aromatic N) is 3. The first-order valence-electron chi connectivity index (χ1n) is 6.83. The smallest absolute Gasteiger partial charge is 0.337 e. The molecule has 0 fully saturated rings. The minimum absolute atomic E-state index is 0.486. The van der Waals surface area contributed by atoms with Gasteiger partial charge in [-0.1, -0.05) is 41.9 Å². The molecule has 0 saturated carbocycles. The highest BCUT2D eigenvalue weighted by Crippen LogP contribution is 2.18. The summed E-state index contributed by atoms with van der Waals surface area (Å²) in [6, 6.07) is 16.1. The maximum atomic E-state index is 11.7. The van der Waals surface area contributed by atoms with Crippen LogP contribution in [-0.4, -0.2) is 20.7 Å². The summed E-state index contributed by atoms with van der Waals surface area (Å²) in [5, 5.41) is 4.86. The molecule has 0 atom stereocenters. The van der Waals surface area contributed by atoms with E-state index < -0.39 is 5.97 Å². The molecular formula is C17H12ClN3O2. The van der Waals surface area contributed by atoms with Crippen molar-refractivity contribution in [3.05, 3.63) is 72.0 Å². The molecule has 0 bridgehead atoms. The second-order valence-electron chi connectivity index (χ2n) is 4.61. The second-order valence-corrected chi connectivity index (χ2v) is 5.04. The number of aromatic nitrogens is 3. The van der Waals surface area contributed by atoms with Gasteiger partial charge in [0.2, 0.25) is 0 Å². The van der Waals surface area contributed by atoms with Crippen molar-refractivity contribution in [3.8, 4) is 17.1 Å². The van der Waals surface area contributed by atoms with E-state index >= 15 is 0 Å². The molecule has 0 N–H and O–H groups in total. The van der Waals surface area contributed by atoms with Gasteiger partial charge in [0, 0.05) is 22.9 Å². The van der Waals surface area contributed by atoms with Gasteiger partial charge >= 0.3 is 5.97 Å². The predicted octanol–water partition coefficient (Wildman–Crippen LogP) is 3.67.